The van der Waals surface area contributed by atoms with Crippen LogP contribution < -0.4 is 5.32 Å². The number of thioether (sulfide) groups is 1. The molecule has 2 rings (SSSR count). The van der Waals surface area contributed by atoms with Crippen LogP contribution in [0.3, 0.4) is 0 Å². The molecule has 0 saturated carbocycles. The Labute approximate surface area is 93.9 Å². The van der Waals surface area contributed by atoms with Crippen LogP contribution in [0.5, 0.6) is 0 Å². The van der Waals surface area contributed by atoms with Gasteiger partial charge in [-0.15, -0.1) is 0 Å². The molecule has 0 aliphatic carbocycles. The monoisotopic (exact) mass is 228 g/mol. The van der Waals surface area contributed by atoms with Gasteiger partial charge in [0.1, 0.15) is 0 Å². The van der Waals surface area contributed by atoms with E-state index in [4.69, 9.17) is 4.74 Å². The molecule has 0 radical (unpaired) electrons. The Kier molecular flexibility index (Phi) is 4.02. The zero-order valence-corrected chi connectivity index (χ0v) is 9.52. The number of amides is 1. The van der Waals surface area contributed by atoms with Gasteiger partial charge in [-0.1, -0.05) is 11.8 Å². The summed E-state index contributed by atoms with van der Waals surface area (Å²) in [5.41, 5.74) is 0. The summed E-state index contributed by atoms with van der Waals surface area (Å²) in [6, 6.07) is 0. The Balaban J connectivity index is 1.63. The number of carbonyl (C=O) groups is 1. The second kappa shape index (κ2) is 5.51. The predicted molar refractivity (Wildman–Crippen MR) is 61.1 cm³/mol. The topological polar surface area (TPSA) is 50.7 Å². The highest BCUT2D eigenvalue weighted by Gasteiger charge is 2.17. The molecule has 0 spiro atoms. The first-order valence-corrected chi connectivity index (χ1v) is 6.42. The van der Waals surface area contributed by atoms with Crippen molar-refractivity contribution in [3.63, 3.8) is 0 Å². The van der Waals surface area contributed by atoms with Gasteiger partial charge in [-0.2, -0.15) is 0 Å². The Morgan fingerprint density at radius 2 is 2.60 bits per heavy atom. The molecule has 1 fully saturated rings. The number of rotatable bonds is 3. The summed E-state index contributed by atoms with van der Waals surface area (Å²) in [7, 11) is 0. The van der Waals surface area contributed by atoms with Gasteiger partial charge < -0.3 is 10.1 Å². The normalized spacial score (nSPS) is 25.3. The van der Waals surface area contributed by atoms with Gasteiger partial charge in [-0.25, -0.2) is 0 Å². The number of carbonyl (C=O) groups excluding carboxylic acids is 1. The van der Waals surface area contributed by atoms with Crippen molar-refractivity contribution in [3.8, 4) is 0 Å². The second-order valence-electron chi connectivity index (χ2n) is 3.76. The largest absolute Gasteiger partial charge is 0.378 e. The predicted octanol–water partition coefficient (Wildman–Crippen LogP) is 1.16. The fourth-order valence-corrected chi connectivity index (χ4v) is 2.50. The lowest BCUT2D eigenvalue weighted by molar-refractivity contribution is -0.120. The van der Waals surface area contributed by atoms with E-state index in [9.17, 15) is 4.79 Å². The molecule has 1 amide bonds. The van der Waals surface area contributed by atoms with Crippen molar-refractivity contribution in [1.29, 1.82) is 0 Å². The zero-order valence-electron chi connectivity index (χ0n) is 8.70. The minimum atomic E-state index is 0.0682. The van der Waals surface area contributed by atoms with Crippen molar-refractivity contribution in [1.82, 2.24) is 5.32 Å². The van der Waals surface area contributed by atoms with Crippen LogP contribution in [-0.4, -0.2) is 36.1 Å². The van der Waals surface area contributed by atoms with Gasteiger partial charge in [-0.3, -0.25) is 9.79 Å². The average molecular weight is 228 g/mol. The zero-order chi connectivity index (χ0) is 10.5. The van der Waals surface area contributed by atoms with Crippen LogP contribution in [0.25, 0.3) is 0 Å². The SMILES string of the molecule is O=C(CCC1CCCO1)NC1=NCCS1. The van der Waals surface area contributed by atoms with Crippen LogP contribution in [0.4, 0.5) is 0 Å². The summed E-state index contributed by atoms with van der Waals surface area (Å²) in [6.45, 7) is 1.68. The molecular formula is C10H16N2O2S. The molecule has 5 heteroatoms. The van der Waals surface area contributed by atoms with Crippen LogP contribution in [0.15, 0.2) is 4.99 Å². The van der Waals surface area contributed by atoms with Crippen LogP contribution in [0.2, 0.25) is 0 Å². The average Bonchev–Trinajstić information content (AvgIpc) is 2.86. The molecule has 2 aliphatic rings. The van der Waals surface area contributed by atoms with Crippen molar-refractivity contribution in [2.75, 3.05) is 18.9 Å². The molecule has 2 heterocycles. The first-order valence-electron chi connectivity index (χ1n) is 5.43. The Hall–Kier alpha value is -0.550. The van der Waals surface area contributed by atoms with E-state index in [0.717, 1.165) is 43.3 Å². The molecule has 84 valence electrons. The summed E-state index contributed by atoms with van der Waals surface area (Å²) >= 11 is 1.62. The van der Waals surface area contributed by atoms with E-state index in [1.165, 1.54) is 0 Å². The van der Waals surface area contributed by atoms with Gasteiger partial charge in [0.15, 0.2) is 5.17 Å². The number of hydrogen-bond donors (Lipinski definition) is 1. The summed E-state index contributed by atoms with van der Waals surface area (Å²) in [5.74, 6) is 1.06. The van der Waals surface area contributed by atoms with Crippen molar-refractivity contribution in [2.45, 2.75) is 31.8 Å². The maximum atomic E-state index is 11.5. The highest BCUT2D eigenvalue weighted by molar-refractivity contribution is 8.14. The molecule has 2 aliphatic heterocycles. The van der Waals surface area contributed by atoms with E-state index in [-0.39, 0.29) is 5.91 Å². The number of aliphatic imine (C=N–C) groups is 1. The molecule has 0 aromatic carbocycles. The number of ether oxygens (including phenoxy) is 1. The van der Waals surface area contributed by atoms with Crippen molar-refractivity contribution in [2.24, 2.45) is 4.99 Å². The standard InChI is InChI=1S/C10H16N2O2S/c13-9(12-10-11-5-7-15-10)4-3-8-2-1-6-14-8/h8H,1-7H2,(H,11,12,13). The molecule has 0 aromatic heterocycles. The Bertz CT molecular complexity index is 262. The number of nitrogens with one attached hydrogen (secondary N) is 1. The Morgan fingerprint density at radius 3 is 3.27 bits per heavy atom. The van der Waals surface area contributed by atoms with Crippen molar-refractivity contribution in [3.05, 3.63) is 0 Å². The van der Waals surface area contributed by atoms with Gasteiger partial charge in [-0.05, 0) is 19.3 Å². The van der Waals surface area contributed by atoms with Gasteiger partial charge >= 0.3 is 0 Å². The first kappa shape index (κ1) is 11.0. The van der Waals surface area contributed by atoms with Gasteiger partial charge in [0.25, 0.3) is 0 Å². The lowest BCUT2D eigenvalue weighted by atomic mass is 10.1. The first-order chi connectivity index (χ1) is 7.34. The fraction of sp³-hybridized carbons (Fsp3) is 0.800. The maximum Gasteiger partial charge on any atom is 0.226 e. The molecule has 0 aromatic rings. The van der Waals surface area contributed by atoms with Crippen LogP contribution in [-0.2, 0) is 9.53 Å². The van der Waals surface area contributed by atoms with Gasteiger partial charge in [0.05, 0.1) is 12.6 Å². The number of hydrogen-bond acceptors (Lipinski definition) is 4. The Morgan fingerprint density at radius 1 is 1.67 bits per heavy atom. The lowest BCUT2D eigenvalue weighted by Gasteiger charge is -2.08. The smallest absolute Gasteiger partial charge is 0.226 e. The lowest BCUT2D eigenvalue weighted by Crippen LogP contribution is -2.28. The third kappa shape index (κ3) is 3.50. The highest BCUT2D eigenvalue weighted by Crippen LogP contribution is 2.17. The van der Waals surface area contributed by atoms with Gasteiger partial charge in [0.2, 0.25) is 5.91 Å². The van der Waals surface area contributed by atoms with E-state index >= 15 is 0 Å². The molecule has 0 bridgehead atoms. The van der Waals surface area contributed by atoms with Crippen molar-refractivity contribution >= 4 is 22.8 Å². The number of amidine groups is 1. The minimum Gasteiger partial charge on any atom is -0.378 e. The van der Waals surface area contributed by atoms with Crippen molar-refractivity contribution < 1.29 is 9.53 Å². The highest BCUT2D eigenvalue weighted by atomic mass is 32.2. The number of nitrogens with zero attached hydrogens (tertiary/aromatic N) is 1. The van der Waals surface area contributed by atoms with E-state index in [2.05, 4.69) is 10.3 Å². The molecule has 1 saturated heterocycles. The summed E-state index contributed by atoms with van der Waals surface area (Å²) in [6.07, 6.45) is 3.92. The molecule has 15 heavy (non-hydrogen) atoms. The minimum absolute atomic E-state index is 0.0682. The summed E-state index contributed by atoms with van der Waals surface area (Å²) < 4.78 is 5.46. The second-order valence-corrected chi connectivity index (χ2v) is 4.84. The quantitative estimate of drug-likeness (QED) is 0.788. The van der Waals surface area contributed by atoms with E-state index < -0.39 is 0 Å². The van der Waals surface area contributed by atoms with E-state index in [0.29, 0.717) is 12.5 Å². The molecule has 1 atom stereocenters. The molecule has 1 N–H and O–H groups in total. The summed E-state index contributed by atoms with van der Waals surface area (Å²) in [5, 5.41) is 3.61. The van der Waals surface area contributed by atoms with E-state index in [1.807, 2.05) is 0 Å². The molecule has 1 unspecified atom stereocenters. The van der Waals surface area contributed by atoms with Gasteiger partial charge in [0, 0.05) is 18.8 Å². The third-order valence-electron chi connectivity index (χ3n) is 2.55. The maximum absolute atomic E-state index is 11.5. The molecular weight excluding hydrogens is 212 g/mol. The fourth-order valence-electron chi connectivity index (χ4n) is 1.76. The van der Waals surface area contributed by atoms with Crippen LogP contribution in [0, 0.1) is 0 Å². The molecule has 4 nitrogen and oxygen atoms in total. The third-order valence-corrected chi connectivity index (χ3v) is 3.44. The van der Waals surface area contributed by atoms with Crippen LogP contribution >= 0.6 is 11.8 Å². The summed E-state index contributed by atoms with van der Waals surface area (Å²) in [4.78, 5) is 15.7. The van der Waals surface area contributed by atoms with E-state index in [1.54, 1.807) is 11.8 Å². The van der Waals surface area contributed by atoms with Crippen LogP contribution in [0.1, 0.15) is 25.7 Å².